The Morgan fingerprint density at radius 3 is 2.67 bits per heavy atom. The van der Waals surface area contributed by atoms with Crippen LogP contribution in [0, 0.1) is 12.7 Å². The van der Waals surface area contributed by atoms with Crippen molar-refractivity contribution in [2.75, 3.05) is 23.7 Å². The van der Waals surface area contributed by atoms with Crippen LogP contribution in [0.3, 0.4) is 0 Å². The zero-order chi connectivity index (χ0) is 28.4. The van der Waals surface area contributed by atoms with Crippen molar-refractivity contribution in [3.63, 3.8) is 0 Å². The molecule has 0 amide bonds. The van der Waals surface area contributed by atoms with Gasteiger partial charge in [-0.2, -0.15) is 6.20 Å². The molecule has 1 N–H and O–H groups in total. The fourth-order valence-electron chi connectivity index (χ4n) is 6.74. The largest absolute Gasteiger partial charge is 0.581 e. The van der Waals surface area contributed by atoms with Crippen molar-refractivity contribution < 1.29 is 29.6 Å². The predicted octanol–water partition coefficient (Wildman–Crippen LogP) is 6.37. The Bertz CT molecular complexity index is 1830. The molecule has 2 saturated heterocycles. The van der Waals surface area contributed by atoms with Crippen molar-refractivity contribution >= 4 is 39.4 Å². The molecule has 0 radical (unpaired) electrons. The normalized spacial score (nSPS) is 19.4. The molecule has 2 bridgehead atoms. The first-order chi connectivity index (χ1) is 20.6. The number of rotatable bonds is 8. The first-order valence-electron chi connectivity index (χ1n) is 14.8. The molecule has 1 aliphatic carbocycles. The summed E-state index contributed by atoms with van der Waals surface area (Å²) in [6, 6.07) is 14.8. The molecule has 43 heavy (non-hydrogen) atoms. The van der Waals surface area contributed by atoms with E-state index in [1.165, 1.54) is 11.6 Å². The second kappa shape index (κ2) is 11.5. The summed E-state index contributed by atoms with van der Waals surface area (Å²) in [6.45, 7) is 6.24. The van der Waals surface area contributed by atoms with Gasteiger partial charge >= 0.3 is 0 Å². The molecule has 0 spiro atoms. The Labute approximate surface area is 268 Å². The summed E-state index contributed by atoms with van der Waals surface area (Å²) in [4.78, 5) is 12.8. The maximum Gasteiger partial charge on any atom is 0.190 e. The number of ether oxygens (including phenoxy) is 1. The third-order valence-corrected chi connectivity index (χ3v) is 9.65. The number of halogens is 1. The van der Waals surface area contributed by atoms with Crippen LogP contribution in [0.15, 0.2) is 53.8 Å². The minimum atomic E-state index is -0.292. The van der Waals surface area contributed by atoms with Gasteiger partial charge in [-0.3, -0.25) is 0 Å². The number of thioether (sulfide) groups is 1. The van der Waals surface area contributed by atoms with Gasteiger partial charge in [-0.25, -0.2) is 14.4 Å². The molecule has 10 heteroatoms. The van der Waals surface area contributed by atoms with Crippen LogP contribution in [0.4, 0.5) is 10.2 Å². The minimum Gasteiger partial charge on any atom is -0.581 e. The first-order valence-corrected chi connectivity index (χ1v) is 15.8. The van der Waals surface area contributed by atoms with Gasteiger partial charge in [0.1, 0.15) is 23.8 Å². The smallest absolute Gasteiger partial charge is 0.190 e. The van der Waals surface area contributed by atoms with Crippen LogP contribution < -0.4 is 20.1 Å². The number of nitrogens with one attached hydrogen (secondary N) is 1. The summed E-state index contributed by atoms with van der Waals surface area (Å²) in [5, 5.41) is 14.6. The molecule has 1 saturated carbocycles. The maximum atomic E-state index is 15.5. The van der Waals surface area contributed by atoms with E-state index in [2.05, 4.69) is 45.5 Å². The zero-order valence-electron chi connectivity index (χ0n) is 24.0. The van der Waals surface area contributed by atoms with Crippen molar-refractivity contribution in [3.05, 3.63) is 71.2 Å². The standard InChI is InChI=1S/C33H32FN6OS.Pd/c1-3-42-33-37-30-24(32(38-33)40-16-21-11-22(40)14-35-21)12-23(20-9-10-20)29(31(30)41-17-19-7-5-4-6-8-19)28-18(2)26(34)13-27-25(28)15-36-39-27;/h4-8,12-13,15,20-22,35H,3,9-11,14,16-17H2,1-2H3;/q-1;. The van der Waals surface area contributed by atoms with Gasteiger partial charge in [0.25, 0.3) is 0 Å². The van der Waals surface area contributed by atoms with E-state index in [0.29, 0.717) is 41.4 Å². The van der Waals surface area contributed by atoms with Gasteiger partial charge in [0.2, 0.25) is 0 Å². The summed E-state index contributed by atoms with van der Waals surface area (Å²) >= 11 is 1.64. The topological polar surface area (TPSA) is 77.3 Å². The number of hydrogen-bond acceptors (Lipinski definition) is 7. The fourth-order valence-corrected chi connectivity index (χ4v) is 7.30. The molecule has 2 atom stereocenters. The molecule has 224 valence electrons. The molecule has 4 heterocycles. The van der Waals surface area contributed by atoms with E-state index >= 15 is 4.39 Å². The van der Waals surface area contributed by atoms with Gasteiger partial charge in [-0.05, 0) is 77.6 Å². The summed E-state index contributed by atoms with van der Waals surface area (Å²) < 4.78 is 22.3. The number of hydrogen-bond donors (Lipinski definition) is 1. The van der Waals surface area contributed by atoms with E-state index in [4.69, 9.17) is 14.7 Å². The molecule has 3 aromatic carbocycles. The van der Waals surface area contributed by atoms with Crippen LogP contribution in [0.5, 0.6) is 5.75 Å². The first kappa shape index (κ1) is 28.7. The molecule has 3 fully saturated rings. The van der Waals surface area contributed by atoms with Gasteiger partial charge in [0, 0.05) is 56.5 Å². The van der Waals surface area contributed by atoms with E-state index in [-0.39, 0.29) is 26.2 Å². The number of aromatic nitrogens is 4. The van der Waals surface area contributed by atoms with E-state index in [1.807, 2.05) is 25.1 Å². The number of piperazine rings is 1. The monoisotopic (exact) mass is 685 g/mol. The third kappa shape index (κ3) is 5.02. The van der Waals surface area contributed by atoms with Crippen molar-refractivity contribution in [1.29, 1.82) is 0 Å². The van der Waals surface area contributed by atoms with Crippen LogP contribution in [-0.2, 0) is 27.0 Å². The Kier molecular flexibility index (Phi) is 7.67. The second-order valence-electron chi connectivity index (χ2n) is 11.7. The molecule has 5 aromatic rings. The Hall–Kier alpha value is -3.03. The Morgan fingerprint density at radius 1 is 1.12 bits per heavy atom. The van der Waals surface area contributed by atoms with Gasteiger partial charge in [0.15, 0.2) is 10.9 Å². The average Bonchev–Trinajstić information content (AvgIpc) is 3.37. The zero-order valence-corrected chi connectivity index (χ0v) is 26.4. The summed E-state index contributed by atoms with van der Waals surface area (Å²) in [5.41, 5.74) is 5.86. The van der Waals surface area contributed by atoms with Crippen LogP contribution in [-0.4, -0.2) is 46.0 Å². The molecular weight excluding hydrogens is 654 g/mol. The van der Waals surface area contributed by atoms with Gasteiger partial charge < -0.3 is 25.2 Å². The van der Waals surface area contributed by atoms with E-state index in [0.717, 1.165) is 82.1 Å². The van der Waals surface area contributed by atoms with Crippen molar-refractivity contribution in [2.24, 2.45) is 0 Å². The summed E-state index contributed by atoms with van der Waals surface area (Å²) in [6.07, 6.45) is 5.05. The SMILES string of the molecule is CCSc1nc(N2CC3CC2CN3)c2cc(C3CC3)c(-c3c(C)c(F)cc4n[n-]cc34)c(OCc3ccccc3)c2n1.[Pd]. The predicted molar refractivity (Wildman–Crippen MR) is 165 cm³/mol. The number of benzene rings is 3. The average molecular weight is 686 g/mol. The Balaban J connectivity index is 0.00000300. The molecule has 7 nitrogen and oxygen atoms in total. The summed E-state index contributed by atoms with van der Waals surface area (Å²) in [5.74, 6) is 2.62. The van der Waals surface area contributed by atoms with Crippen LogP contribution >= 0.6 is 11.8 Å². The molecule has 2 aromatic heterocycles. The number of fused-ring (bicyclic) bond motifs is 4. The van der Waals surface area contributed by atoms with Gasteiger partial charge in [0.05, 0.1) is 5.52 Å². The molecule has 2 aliphatic heterocycles. The number of anilines is 1. The fraction of sp³-hybridized carbons (Fsp3) is 0.364. The molecule has 8 rings (SSSR count). The third-order valence-electron chi connectivity index (χ3n) is 8.93. The van der Waals surface area contributed by atoms with Crippen molar-refractivity contribution in [1.82, 2.24) is 25.5 Å². The molecule has 2 unspecified atom stereocenters. The van der Waals surface area contributed by atoms with E-state index in [9.17, 15) is 0 Å². The van der Waals surface area contributed by atoms with E-state index < -0.39 is 0 Å². The van der Waals surface area contributed by atoms with E-state index in [1.54, 1.807) is 18.0 Å². The van der Waals surface area contributed by atoms with Crippen LogP contribution in [0.2, 0.25) is 0 Å². The minimum absolute atomic E-state index is 0. The summed E-state index contributed by atoms with van der Waals surface area (Å²) in [7, 11) is 0. The maximum absolute atomic E-state index is 15.5. The van der Waals surface area contributed by atoms with Crippen molar-refractivity contribution in [3.8, 4) is 16.9 Å². The molecule has 3 aliphatic rings. The molecular formula is C33H32FN6OPdS-. The second-order valence-corrected chi connectivity index (χ2v) is 12.9. The quantitative estimate of drug-likeness (QED) is 0.115. The van der Waals surface area contributed by atoms with Gasteiger partial charge in [-0.1, -0.05) is 49.0 Å². The van der Waals surface area contributed by atoms with Crippen molar-refractivity contribution in [2.45, 2.75) is 62.9 Å². The number of nitrogens with zero attached hydrogens (tertiary/aromatic N) is 5. The van der Waals surface area contributed by atoms with Gasteiger partial charge in [-0.15, -0.1) is 0 Å². The Morgan fingerprint density at radius 2 is 1.95 bits per heavy atom. The van der Waals surface area contributed by atoms with Crippen LogP contribution in [0.25, 0.3) is 32.9 Å². The van der Waals surface area contributed by atoms with Crippen LogP contribution in [0.1, 0.15) is 48.8 Å².